The van der Waals surface area contributed by atoms with Gasteiger partial charge in [0.25, 0.3) is 0 Å². The molecule has 0 saturated carbocycles. The van der Waals surface area contributed by atoms with Crippen LogP contribution in [0, 0.1) is 0 Å². The summed E-state index contributed by atoms with van der Waals surface area (Å²) in [5.41, 5.74) is 7.43. The van der Waals surface area contributed by atoms with Crippen molar-refractivity contribution in [2.45, 2.75) is 12.8 Å². The molecule has 9 rings (SSSR count). The molecule has 0 atom stereocenters. The summed E-state index contributed by atoms with van der Waals surface area (Å²) in [6.07, 6.45) is 6.72. The first-order valence-corrected chi connectivity index (χ1v) is 14.7. The lowest BCUT2D eigenvalue weighted by Crippen LogP contribution is -2.03. The number of hydrogen-bond donors (Lipinski definition) is 0. The molecule has 5 aromatic carbocycles. The number of hydrogen-bond acceptors (Lipinski definition) is 2. The van der Waals surface area contributed by atoms with Crippen molar-refractivity contribution in [2.24, 2.45) is 0 Å². The van der Waals surface area contributed by atoms with Crippen molar-refractivity contribution in [3.05, 3.63) is 127 Å². The molecule has 1 aliphatic carbocycles. The number of aromatic nitrogens is 2. The smallest absolute Gasteiger partial charge is 0.138 e. The molecule has 0 saturated heterocycles. The zero-order chi connectivity index (χ0) is 26.2. The molecule has 3 heterocycles. The Bertz CT molecular complexity index is 2330. The third-order valence-corrected chi connectivity index (χ3v) is 9.68. The molecule has 2 nitrogen and oxygen atoms in total. The van der Waals surface area contributed by atoms with E-state index in [0.717, 1.165) is 24.2 Å². The Morgan fingerprint density at radius 2 is 1.48 bits per heavy atom. The van der Waals surface area contributed by atoms with Crippen molar-refractivity contribution in [1.82, 2.24) is 9.55 Å². The van der Waals surface area contributed by atoms with Crippen molar-refractivity contribution in [1.29, 1.82) is 0 Å². The zero-order valence-electron chi connectivity index (χ0n) is 21.8. The first-order valence-electron chi connectivity index (χ1n) is 13.9. The van der Waals surface area contributed by atoms with E-state index in [-0.39, 0.29) is 0 Å². The fourth-order valence-electron chi connectivity index (χ4n) is 6.71. The Kier molecular flexibility index (Phi) is 4.64. The van der Waals surface area contributed by atoms with Crippen molar-refractivity contribution >= 4 is 70.2 Å². The number of benzene rings is 5. The van der Waals surface area contributed by atoms with Gasteiger partial charge in [0.05, 0.1) is 16.7 Å². The Labute approximate surface area is 235 Å². The Hall–Kier alpha value is -4.73. The zero-order valence-corrected chi connectivity index (χ0v) is 22.6. The van der Waals surface area contributed by atoms with Crippen LogP contribution >= 0.6 is 11.3 Å². The van der Waals surface area contributed by atoms with Gasteiger partial charge in [-0.25, -0.2) is 4.98 Å². The van der Waals surface area contributed by atoms with Gasteiger partial charge in [-0.1, -0.05) is 91.0 Å². The van der Waals surface area contributed by atoms with Crippen molar-refractivity contribution in [3.63, 3.8) is 0 Å². The molecule has 0 amide bonds. The molecule has 1 aliphatic rings. The lowest BCUT2D eigenvalue weighted by Gasteiger charge is -2.15. The van der Waals surface area contributed by atoms with E-state index in [1.807, 2.05) is 11.3 Å². The third-order valence-electron chi connectivity index (χ3n) is 8.46. The predicted molar refractivity (Wildman–Crippen MR) is 172 cm³/mol. The first kappa shape index (κ1) is 22.1. The highest BCUT2D eigenvalue weighted by molar-refractivity contribution is 7.26. The summed E-state index contributed by atoms with van der Waals surface area (Å²) in [5, 5.41) is 7.79. The summed E-state index contributed by atoms with van der Waals surface area (Å²) in [7, 11) is 0. The lowest BCUT2D eigenvalue weighted by atomic mass is 9.97. The van der Waals surface area contributed by atoms with E-state index in [4.69, 9.17) is 4.98 Å². The number of para-hydroxylation sites is 1. The molecule has 0 radical (unpaired) electrons. The fourth-order valence-corrected chi connectivity index (χ4v) is 7.94. The lowest BCUT2D eigenvalue weighted by molar-refractivity contribution is 0.956. The van der Waals surface area contributed by atoms with Crippen LogP contribution in [0.4, 0.5) is 0 Å². The van der Waals surface area contributed by atoms with E-state index in [0.29, 0.717) is 0 Å². The number of fused-ring (bicyclic) bond motifs is 9. The Morgan fingerprint density at radius 1 is 0.675 bits per heavy atom. The van der Waals surface area contributed by atoms with Gasteiger partial charge < -0.3 is 0 Å². The van der Waals surface area contributed by atoms with Crippen molar-refractivity contribution in [2.75, 3.05) is 0 Å². The minimum absolute atomic E-state index is 0.972. The summed E-state index contributed by atoms with van der Waals surface area (Å²) in [6.45, 7) is 0. The van der Waals surface area contributed by atoms with Gasteiger partial charge in [-0.3, -0.25) is 4.57 Å². The van der Waals surface area contributed by atoms with Crippen LogP contribution in [0.2, 0.25) is 0 Å². The topological polar surface area (TPSA) is 17.8 Å². The molecule has 8 aromatic rings. The number of aryl methyl sites for hydroxylation is 1. The molecule has 0 spiro atoms. The van der Waals surface area contributed by atoms with Crippen LogP contribution in [-0.2, 0) is 6.42 Å². The highest BCUT2D eigenvalue weighted by Gasteiger charge is 2.22. The van der Waals surface area contributed by atoms with Gasteiger partial charge in [0.15, 0.2) is 0 Å². The number of pyridine rings is 1. The maximum Gasteiger partial charge on any atom is 0.138 e. The van der Waals surface area contributed by atoms with Gasteiger partial charge >= 0.3 is 0 Å². The van der Waals surface area contributed by atoms with E-state index in [9.17, 15) is 0 Å². The van der Waals surface area contributed by atoms with Gasteiger partial charge in [0, 0.05) is 36.5 Å². The Morgan fingerprint density at radius 3 is 2.42 bits per heavy atom. The fraction of sp³-hybridized carbons (Fsp3) is 0.0541. The second-order valence-electron chi connectivity index (χ2n) is 10.6. The third kappa shape index (κ3) is 3.07. The average Bonchev–Trinajstić information content (AvgIpc) is 3.57. The monoisotopic (exact) mass is 528 g/mol. The number of rotatable bonds is 2. The molecule has 0 bridgehead atoms. The molecule has 188 valence electrons. The highest BCUT2D eigenvalue weighted by atomic mass is 32.1. The number of thiophene rings is 1. The normalized spacial score (nSPS) is 13.2. The van der Waals surface area contributed by atoms with E-state index in [1.165, 1.54) is 69.6 Å². The number of allylic oxidation sites excluding steroid dienone is 1. The number of nitrogens with zero attached hydrogens (tertiary/aromatic N) is 2. The second kappa shape index (κ2) is 8.38. The quantitative estimate of drug-likeness (QED) is 0.218. The molecule has 3 heteroatoms. The van der Waals surface area contributed by atoms with Gasteiger partial charge in [-0.2, -0.15) is 0 Å². The van der Waals surface area contributed by atoms with Gasteiger partial charge in [0.1, 0.15) is 5.82 Å². The average molecular weight is 529 g/mol. The molecule has 40 heavy (non-hydrogen) atoms. The summed E-state index contributed by atoms with van der Waals surface area (Å²) in [5.74, 6) is 0.972. The first-order chi connectivity index (χ1) is 19.8. The standard InChI is InChI=1S/C37H24N2S/c1-2-11-24-23(10-1)20-21-33-36(24)29-14-4-7-18-32(29)39(33)35-22-30(25-12-3-6-17-31(25)38-35)28-16-9-15-27-26-13-5-8-19-34(26)40-37(27)28/h1-3,5-13,15-22H,4,14H2. The molecular weight excluding hydrogens is 504 g/mol. The second-order valence-corrected chi connectivity index (χ2v) is 11.7. The van der Waals surface area contributed by atoms with Crippen LogP contribution in [0.15, 0.2) is 115 Å². The SMILES string of the molecule is C1=Cc2c(c3c4ccccc4ccc3n2-c2cc(-c3cccc4c3sc3ccccc34)c3ccccc3n2)CC1. The van der Waals surface area contributed by atoms with Crippen molar-refractivity contribution in [3.8, 4) is 16.9 Å². The maximum absolute atomic E-state index is 5.30. The van der Waals surface area contributed by atoms with E-state index < -0.39 is 0 Å². The van der Waals surface area contributed by atoms with Crippen LogP contribution in [0.5, 0.6) is 0 Å². The van der Waals surface area contributed by atoms with E-state index in [2.05, 4.69) is 126 Å². The van der Waals surface area contributed by atoms with Crippen molar-refractivity contribution < 1.29 is 0 Å². The largest absolute Gasteiger partial charge is 0.294 e. The minimum Gasteiger partial charge on any atom is -0.294 e. The molecular formula is C37H24N2S. The van der Waals surface area contributed by atoms with Gasteiger partial charge in [-0.15, -0.1) is 11.3 Å². The molecule has 0 N–H and O–H groups in total. The molecule has 3 aromatic heterocycles. The van der Waals surface area contributed by atoms with E-state index >= 15 is 0 Å². The van der Waals surface area contributed by atoms with E-state index in [1.54, 1.807) is 0 Å². The Balaban J connectivity index is 1.40. The molecule has 0 unspecified atom stereocenters. The maximum atomic E-state index is 5.30. The predicted octanol–water partition coefficient (Wildman–Crippen LogP) is 10.3. The van der Waals surface area contributed by atoms with Crippen LogP contribution in [0.25, 0.3) is 75.8 Å². The van der Waals surface area contributed by atoms with Crippen LogP contribution < -0.4 is 0 Å². The summed E-state index contributed by atoms with van der Waals surface area (Å²) in [6, 6.07) is 39.7. The molecule has 0 aliphatic heterocycles. The van der Waals surface area contributed by atoms with Crippen LogP contribution in [0.3, 0.4) is 0 Å². The van der Waals surface area contributed by atoms with Crippen LogP contribution in [-0.4, -0.2) is 9.55 Å². The molecule has 0 fully saturated rings. The summed E-state index contributed by atoms with van der Waals surface area (Å²) in [4.78, 5) is 5.30. The van der Waals surface area contributed by atoms with Crippen LogP contribution in [0.1, 0.15) is 17.7 Å². The van der Waals surface area contributed by atoms with Gasteiger partial charge in [-0.05, 0) is 65.1 Å². The van der Waals surface area contributed by atoms with Gasteiger partial charge in [0.2, 0.25) is 0 Å². The summed E-state index contributed by atoms with van der Waals surface area (Å²) >= 11 is 1.88. The summed E-state index contributed by atoms with van der Waals surface area (Å²) < 4.78 is 5.05. The highest BCUT2D eigenvalue weighted by Crippen LogP contribution is 2.43. The minimum atomic E-state index is 0.972.